The van der Waals surface area contributed by atoms with E-state index in [0.29, 0.717) is 12.8 Å². The number of amides is 1. The number of carbonyl (C=O) groups is 1. The van der Waals surface area contributed by atoms with Crippen molar-refractivity contribution in [2.45, 2.75) is 24.9 Å². The summed E-state index contributed by atoms with van der Waals surface area (Å²) in [6.07, 6.45) is 4.55. The third kappa shape index (κ3) is 4.14. The zero-order valence-corrected chi connectivity index (χ0v) is 13.7. The number of aromatic amines is 1. The van der Waals surface area contributed by atoms with Gasteiger partial charge in [0.25, 0.3) is 0 Å². The quantitative estimate of drug-likeness (QED) is 0.616. The molecule has 0 aliphatic carbocycles. The van der Waals surface area contributed by atoms with E-state index >= 15 is 0 Å². The van der Waals surface area contributed by atoms with Crippen molar-refractivity contribution in [1.29, 1.82) is 0 Å². The van der Waals surface area contributed by atoms with Crippen LogP contribution in [0, 0.1) is 0 Å². The molecule has 25 heavy (non-hydrogen) atoms. The first-order chi connectivity index (χ1) is 12.2. The molecule has 2 atom stereocenters. The average Bonchev–Trinajstić information content (AvgIpc) is 3.05. The smallest absolute Gasteiger partial charge is 0.237 e. The Labute approximate surface area is 146 Å². The lowest BCUT2D eigenvalue weighted by molar-refractivity contribution is -0.122. The number of para-hydroxylation sites is 1. The Morgan fingerprint density at radius 1 is 1.08 bits per heavy atom. The van der Waals surface area contributed by atoms with Crippen molar-refractivity contribution >= 4 is 23.1 Å². The second-order valence-electron chi connectivity index (χ2n) is 6.04. The molecule has 3 rings (SSSR count). The van der Waals surface area contributed by atoms with E-state index < -0.39 is 12.1 Å². The number of fused-ring (bicyclic) bond motifs is 1. The molecular weight excluding hydrogens is 314 g/mol. The highest BCUT2D eigenvalue weighted by atomic mass is 16.2. The summed E-state index contributed by atoms with van der Waals surface area (Å²) < 4.78 is 0. The van der Waals surface area contributed by atoms with Crippen LogP contribution in [0.5, 0.6) is 0 Å². The summed E-state index contributed by atoms with van der Waals surface area (Å²) >= 11 is 0. The SMILES string of the molecule is N[C@@H](Cc1ccccc1)C(=O)N[C@H]([C]=O)Cc1c[nH]c2ccccc12. The molecule has 127 valence electrons. The highest BCUT2D eigenvalue weighted by Crippen LogP contribution is 2.18. The Balaban J connectivity index is 1.63. The van der Waals surface area contributed by atoms with E-state index in [2.05, 4.69) is 10.3 Å². The molecule has 0 bridgehead atoms. The Kier molecular flexibility index (Phi) is 5.26. The summed E-state index contributed by atoms with van der Waals surface area (Å²) in [5.74, 6) is -0.350. The number of aromatic nitrogens is 1. The lowest BCUT2D eigenvalue weighted by atomic mass is 10.0. The van der Waals surface area contributed by atoms with Crippen LogP contribution < -0.4 is 11.1 Å². The van der Waals surface area contributed by atoms with Crippen molar-refractivity contribution < 1.29 is 9.59 Å². The van der Waals surface area contributed by atoms with Crippen LogP contribution in [0.15, 0.2) is 60.8 Å². The van der Waals surface area contributed by atoms with Gasteiger partial charge in [-0.05, 0) is 23.6 Å². The first-order valence-electron chi connectivity index (χ1n) is 8.20. The summed E-state index contributed by atoms with van der Waals surface area (Å²) in [4.78, 5) is 26.7. The first kappa shape index (κ1) is 16.9. The van der Waals surface area contributed by atoms with Gasteiger partial charge in [0, 0.05) is 23.5 Å². The van der Waals surface area contributed by atoms with Crippen molar-refractivity contribution in [3.63, 3.8) is 0 Å². The number of rotatable bonds is 7. The predicted octanol–water partition coefficient (Wildman–Crippen LogP) is 1.87. The molecule has 1 aromatic heterocycles. The van der Waals surface area contributed by atoms with Gasteiger partial charge in [-0.25, -0.2) is 0 Å². The average molecular weight is 334 g/mol. The molecule has 0 aliphatic rings. The summed E-state index contributed by atoms with van der Waals surface area (Å²) in [7, 11) is 0. The van der Waals surface area contributed by atoms with Crippen LogP contribution in [0.4, 0.5) is 0 Å². The van der Waals surface area contributed by atoms with Gasteiger partial charge in [0.2, 0.25) is 12.2 Å². The van der Waals surface area contributed by atoms with Crippen molar-refractivity contribution in [3.8, 4) is 0 Å². The largest absolute Gasteiger partial charge is 0.361 e. The van der Waals surface area contributed by atoms with E-state index in [9.17, 15) is 9.59 Å². The molecule has 1 heterocycles. The van der Waals surface area contributed by atoms with E-state index in [4.69, 9.17) is 5.73 Å². The van der Waals surface area contributed by atoms with Crippen LogP contribution in [-0.4, -0.2) is 29.3 Å². The molecule has 3 aromatic rings. The van der Waals surface area contributed by atoms with Crippen LogP contribution >= 0.6 is 0 Å². The van der Waals surface area contributed by atoms with Crippen LogP contribution in [-0.2, 0) is 22.4 Å². The third-order valence-electron chi connectivity index (χ3n) is 4.19. The maximum Gasteiger partial charge on any atom is 0.237 e. The molecule has 5 heteroatoms. The minimum absolute atomic E-state index is 0.350. The van der Waals surface area contributed by atoms with Crippen molar-refractivity contribution in [3.05, 3.63) is 71.9 Å². The zero-order chi connectivity index (χ0) is 17.6. The second-order valence-corrected chi connectivity index (χ2v) is 6.04. The molecule has 0 aliphatic heterocycles. The lowest BCUT2D eigenvalue weighted by Gasteiger charge is -2.16. The Hall–Kier alpha value is -2.92. The van der Waals surface area contributed by atoms with Gasteiger partial charge in [-0.15, -0.1) is 0 Å². The maximum atomic E-state index is 12.3. The van der Waals surface area contributed by atoms with Gasteiger partial charge in [0.15, 0.2) is 0 Å². The van der Waals surface area contributed by atoms with Crippen molar-refractivity contribution in [1.82, 2.24) is 10.3 Å². The Morgan fingerprint density at radius 2 is 1.80 bits per heavy atom. The second kappa shape index (κ2) is 7.77. The van der Waals surface area contributed by atoms with Gasteiger partial charge in [-0.2, -0.15) is 0 Å². The van der Waals surface area contributed by atoms with Gasteiger partial charge in [-0.1, -0.05) is 48.5 Å². The van der Waals surface area contributed by atoms with E-state index in [-0.39, 0.29) is 5.91 Å². The molecule has 0 spiro atoms. The molecular formula is C20H20N3O2. The van der Waals surface area contributed by atoms with E-state index in [1.165, 1.54) is 0 Å². The number of nitrogens with one attached hydrogen (secondary N) is 2. The van der Waals surface area contributed by atoms with E-state index in [0.717, 1.165) is 22.0 Å². The van der Waals surface area contributed by atoms with Gasteiger partial charge in [0.05, 0.1) is 12.1 Å². The minimum Gasteiger partial charge on any atom is -0.361 e. The van der Waals surface area contributed by atoms with Crippen LogP contribution in [0.2, 0.25) is 0 Å². The fraction of sp³-hybridized carbons (Fsp3) is 0.200. The number of carbonyl (C=O) groups excluding carboxylic acids is 2. The minimum atomic E-state index is -0.728. The summed E-state index contributed by atoms with van der Waals surface area (Å²) in [6.45, 7) is 0. The molecule has 1 radical (unpaired) electrons. The number of H-pyrrole nitrogens is 1. The normalized spacial score (nSPS) is 13.3. The lowest BCUT2D eigenvalue weighted by Crippen LogP contribution is -2.47. The fourth-order valence-corrected chi connectivity index (χ4v) is 2.88. The number of benzene rings is 2. The Morgan fingerprint density at radius 3 is 2.56 bits per heavy atom. The summed E-state index contributed by atoms with van der Waals surface area (Å²) in [5.41, 5.74) is 8.90. The highest BCUT2D eigenvalue weighted by molar-refractivity contribution is 5.86. The molecule has 0 fully saturated rings. The van der Waals surface area contributed by atoms with Crippen molar-refractivity contribution in [2.75, 3.05) is 0 Å². The molecule has 0 saturated carbocycles. The summed E-state index contributed by atoms with van der Waals surface area (Å²) in [5, 5.41) is 3.72. The molecule has 1 amide bonds. The summed E-state index contributed by atoms with van der Waals surface area (Å²) in [6, 6.07) is 15.9. The number of hydrogen-bond acceptors (Lipinski definition) is 3. The standard InChI is InChI=1S/C20H20N3O2/c21-18(10-14-6-2-1-3-7-14)20(25)23-16(13-24)11-15-12-22-19-9-5-4-8-17(15)19/h1-9,12,16,18,22H,10-11,21H2,(H,23,25)/t16-,18-/m0/s1. The molecule has 4 N–H and O–H groups in total. The van der Waals surface area contributed by atoms with Crippen molar-refractivity contribution in [2.24, 2.45) is 5.73 Å². The van der Waals surface area contributed by atoms with E-state index in [1.54, 1.807) is 0 Å². The van der Waals surface area contributed by atoms with Crippen LogP contribution in [0.25, 0.3) is 10.9 Å². The third-order valence-corrected chi connectivity index (χ3v) is 4.19. The number of nitrogens with two attached hydrogens (primary N) is 1. The predicted molar refractivity (Wildman–Crippen MR) is 97.7 cm³/mol. The monoisotopic (exact) mass is 334 g/mol. The van der Waals surface area contributed by atoms with Crippen LogP contribution in [0.1, 0.15) is 11.1 Å². The molecule has 0 saturated heterocycles. The van der Waals surface area contributed by atoms with Gasteiger partial charge in [0.1, 0.15) is 0 Å². The fourth-order valence-electron chi connectivity index (χ4n) is 2.88. The van der Waals surface area contributed by atoms with E-state index in [1.807, 2.05) is 67.1 Å². The van der Waals surface area contributed by atoms with Gasteiger partial charge >= 0.3 is 0 Å². The van der Waals surface area contributed by atoms with Crippen LogP contribution in [0.3, 0.4) is 0 Å². The molecule has 0 unspecified atom stereocenters. The zero-order valence-electron chi connectivity index (χ0n) is 13.7. The number of hydrogen-bond donors (Lipinski definition) is 3. The maximum absolute atomic E-state index is 12.3. The molecule has 2 aromatic carbocycles. The molecule has 5 nitrogen and oxygen atoms in total. The van der Waals surface area contributed by atoms with Gasteiger partial charge in [-0.3, -0.25) is 9.59 Å². The highest BCUT2D eigenvalue weighted by Gasteiger charge is 2.20. The first-order valence-corrected chi connectivity index (χ1v) is 8.20. The Bertz CT molecular complexity index is 858. The van der Waals surface area contributed by atoms with Gasteiger partial charge < -0.3 is 16.0 Å². The topological polar surface area (TPSA) is 88.0 Å².